The SMILES string of the molecule is CCC1CCC(NC(=NCC(=O)N(C)C)NC2CCN(Cc3ccccc3)CC2)CC1.I. The number of carbonyl (C=O) groups is 1. The van der Waals surface area contributed by atoms with E-state index >= 15 is 0 Å². The van der Waals surface area contributed by atoms with Gasteiger partial charge in [-0.2, -0.15) is 0 Å². The Bertz CT molecular complexity index is 696. The lowest BCUT2D eigenvalue weighted by molar-refractivity contribution is -0.127. The first-order valence-corrected chi connectivity index (χ1v) is 12.1. The van der Waals surface area contributed by atoms with Gasteiger partial charge in [-0.25, -0.2) is 4.99 Å². The smallest absolute Gasteiger partial charge is 0.243 e. The van der Waals surface area contributed by atoms with Crippen LogP contribution in [0, 0.1) is 5.92 Å². The lowest BCUT2D eigenvalue weighted by Gasteiger charge is -2.34. The number of benzene rings is 1. The maximum Gasteiger partial charge on any atom is 0.243 e. The molecule has 6 nitrogen and oxygen atoms in total. The summed E-state index contributed by atoms with van der Waals surface area (Å²) in [5.74, 6) is 1.72. The number of aliphatic imine (C=N–C) groups is 1. The molecule has 0 radical (unpaired) electrons. The highest BCUT2D eigenvalue weighted by Gasteiger charge is 2.24. The van der Waals surface area contributed by atoms with Gasteiger partial charge < -0.3 is 15.5 Å². The third-order valence-electron chi connectivity index (χ3n) is 6.81. The van der Waals surface area contributed by atoms with Crippen LogP contribution in [0.1, 0.15) is 57.4 Å². The van der Waals surface area contributed by atoms with Crippen molar-refractivity contribution >= 4 is 35.8 Å². The van der Waals surface area contributed by atoms with E-state index < -0.39 is 0 Å². The molecule has 0 atom stereocenters. The van der Waals surface area contributed by atoms with Crippen molar-refractivity contribution in [2.75, 3.05) is 33.7 Å². The number of rotatable bonds is 7. The number of hydrogen-bond acceptors (Lipinski definition) is 3. The molecule has 1 saturated carbocycles. The van der Waals surface area contributed by atoms with Crippen molar-refractivity contribution in [3.63, 3.8) is 0 Å². The summed E-state index contributed by atoms with van der Waals surface area (Å²) in [5, 5.41) is 7.30. The molecule has 2 aliphatic rings. The van der Waals surface area contributed by atoms with Crippen LogP contribution in [-0.2, 0) is 11.3 Å². The van der Waals surface area contributed by atoms with Gasteiger partial charge in [-0.15, -0.1) is 24.0 Å². The van der Waals surface area contributed by atoms with Gasteiger partial charge in [0.15, 0.2) is 5.96 Å². The van der Waals surface area contributed by atoms with Crippen molar-refractivity contribution in [3.05, 3.63) is 35.9 Å². The molecule has 1 heterocycles. The highest BCUT2D eigenvalue weighted by atomic mass is 127. The number of hydrogen-bond donors (Lipinski definition) is 2. The van der Waals surface area contributed by atoms with E-state index in [0.717, 1.165) is 44.4 Å². The van der Waals surface area contributed by atoms with Crippen molar-refractivity contribution in [2.24, 2.45) is 10.9 Å². The molecule has 0 spiro atoms. The lowest BCUT2D eigenvalue weighted by Crippen LogP contribution is -2.51. The zero-order chi connectivity index (χ0) is 22.1. The quantitative estimate of drug-likeness (QED) is 0.305. The molecule has 1 aromatic carbocycles. The number of likely N-dealkylation sites (tertiary alicyclic amines) is 1. The second-order valence-corrected chi connectivity index (χ2v) is 9.40. The molecule has 3 rings (SSSR count). The van der Waals surface area contributed by atoms with E-state index in [1.807, 2.05) is 0 Å². The van der Waals surface area contributed by atoms with E-state index in [-0.39, 0.29) is 36.4 Å². The summed E-state index contributed by atoms with van der Waals surface area (Å²) in [5.41, 5.74) is 1.38. The van der Waals surface area contributed by atoms with E-state index in [4.69, 9.17) is 0 Å². The molecule has 0 aromatic heterocycles. The minimum Gasteiger partial charge on any atom is -0.354 e. The van der Waals surface area contributed by atoms with E-state index in [0.29, 0.717) is 12.1 Å². The average Bonchev–Trinajstić information content (AvgIpc) is 2.79. The Morgan fingerprint density at radius 1 is 1.00 bits per heavy atom. The molecular formula is C25H42IN5O. The fraction of sp³-hybridized carbons (Fsp3) is 0.680. The van der Waals surface area contributed by atoms with Gasteiger partial charge >= 0.3 is 0 Å². The van der Waals surface area contributed by atoms with Crippen LogP contribution in [-0.4, -0.2) is 67.5 Å². The number of nitrogens with one attached hydrogen (secondary N) is 2. The van der Waals surface area contributed by atoms with Gasteiger partial charge in [-0.05, 0) is 50.0 Å². The molecule has 7 heteroatoms. The Labute approximate surface area is 211 Å². The van der Waals surface area contributed by atoms with Gasteiger partial charge in [-0.1, -0.05) is 43.7 Å². The van der Waals surface area contributed by atoms with Crippen molar-refractivity contribution < 1.29 is 4.79 Å². The number of guanidine groups is 1. The molecule has 1 aromatic rings. The van der Waals surface area contributed by atoms with Crippen molar-refractivity contribution in [3.8, 4) is 0 Å². The maximum atomic E-state index is 12.1. The third kappa shape index (κ3) is 8.89. The highest BCUT2D eigenvalue weighted by Crippen LogP contribution is 2.26. The molecule has 0 unspecified atom stereocenters. The van der Waals surface area contributed by atoms with Gasteiger partial charge in [0.05, 0.1) is 0 Å². The first-order valence-electron chi connectivity index (χ1n) is 12.1. The monoisotopic (exact) mass is 555 g/mol. The van der Waals surface area contributed by atoms with Gasteiger partial charge in [0.2, 0.25) is 5.91 Å². The molecule has 2 N–H and O–H groups in total. The largest absolute Gasteiger partial charge is 0.354 e. The summed E-state index contributed by atoms with van der Waals surface area (Å²) in [7, 11) is 3.57. The third-order valence-corrected chi connectivity index (χ3v) is 6.81. The normalized spacial score (nSPS) is 22.7. The standard InChI is InChI=1S/C25H41N5O.HI/c1-4-20-10-12-22(13-11-20)27-25(26-18-24(31)29(2)3)28-23-14-16-30(17-15-23)19-21-8-6-5-7-9-21;/h5-9,20,22-23H,4,10-19H2,1-3H3,(H2,26,27,28);1H. The first-order chi connectivity index (χ1) is 15.0. The molecule has 32 heavy (non-hydrogen) atoms. The molecule has 1 amide bonds. The predicted octanol–water partition coefficient (Wildman–Crippen LogP) is 3.86. The van der Waals surface area contributed by atoms with Gasteiger partial charge in [0, 0.05) is 45.8 Å². The fourth-order valence-electron chi connectivity index (χ4n) is 4.60. The number of piperidine rings is 1. The van der Waals surface area contributed by atoms with Crippen LogP contribution in [0.3, 0.4) is 0 Å². The van der Waals surface area contributed by atoms with E-state index in [2.05, 4.69) is 57.8 Å². The van der Waals surface area contributed by atoms with Crippen LogP contribution in [0.5, 0.6) is 0 Å². The molecule has 0 bridgehead atoms. The molecular weight excluding hydrogens is 513 g/mol. The van der Waals surface area contributed by atoms with Crippen LogP contribution in [0.2, 0.25) is 0 Å². The lowest BCUT2D eigenvalue weighted by atomic mass is 9.84. The van der Waals surface area contributed by atoms with Crippen molar-refractivity contribution in [1.82, 2.24) is 20.4 Å². The van der Waals surface area contributed by atoms with Crippen LogP contribution in [0.25, 0.3) is 0 Å². The molecule has 2 fully saturated rings. The number of nitrogens with zero attached hydrogens (tertiary/aromatic N) is 3. The Morgan fingerprint density at radius 3 is 2.16 bits per heavy atom. The van der Waals surface area contributed by atoms with Crippen LogP contribution < -0.4 is 10.6 Å². The minimum absolute atomic E-state index is 0. The van der Waals surface area contributed by atoms with Crippen LogP contribution in [0.4, 0.5) is 0 Å². The zero-order valence-electron chi connectivity index (χ0n) is 20.1. The minimum atomic E-state index is 0. The van der Waals surface area contributed by atoms with Crippen molar-refractivity contribution in [2.45, 2.75) is 70.5 Å². The van der Waals surface area contributed by atoms with E-state index in [9.17, 15) is 4.79 Å². The van der Waals surface area contributed by atoms with Crippen LogP contribution >= 0.6 is 24.0 Å². The van der Waals surface area contributed by atoms with Gasteiger partial charge in [0.25, 0.3) is 0 Å². The highest BCUT2D eigenvalue weighted by molar-refractivity contribution is 14.0. The number of amides is 1. The van der Waals surface area contributed by atoms with Crippen molar-refractivity contribution in [1.29, 1.82) is 0 Å². The Hall–Kier alpha value is -1.35. The van der Waals surface area contributed by atoms with Crippen LogP contribution in [0.15, 0.2) is 35.3 Å². The fourth-order valence-corrected chi connectivity index (χ4v) is 4.60. The van der Waals surface area contributed by atoms with E-state index in [1.165, 1.54) is 37.7 Å². The molecule has 1 aliphatic carbocycles. The average molecular weight is 556 g/mol. The summed E-state index contributed by atoms with van der Waals surface area (Å²) in [4.78, 5) is 20.9. The predicted molar refractivity (Wildman–Crippen MR) is 143 cm³/mol. The summed E-state index contributed by atoms with van der Waals surface area (Å²) < 4.78 is 0. The number of halogens is 1. The topological polar surface area (TPSA) is 60.0 Å². The number of carbonyl (C=O) groups excluding carboxylic acids is 1. The Morgan fingerprint density at radius 2 is 1.59 bits per heavy atom. The van der Waals surface area contributed by atoms with Gasteiger partial charge in [-0.3, -0.25) is 9.69 Å². The summed E-state index contributed by atoms with van der Waals surface area (Å²) in [6, 6.07) is 11.6. The van der Waals surface area contributed by atoms with E-state index in [1.54, 1.807) is 19.0 Å². The Balaban J connectivity index is 0.00000363. The second-order valence-electron chi connectivity index (χ2n) is 9.40. The Kier molecular flexibility index (Phi) is 11.8. The molecule has 180 valence electrons. The maximum absolute atomic E-state index is 12.1. The summed E-state index contributed by atoms with van der Waals surface area (Å²) >= 11 is 0. The number of likely N-dealkylation sites (N-methyl/N-ethyl adjacent to an activating group) is 1. The summed E-state index contributed by atoms with van der Waals surface area (Å²) in [6.45, 7) is 5.67. The zero-order valence-corrected chi connectivity index (χ0v) is 22.4. The second kappa shape index (κ2) is 14.0. The van der Waals surface area contributed by atoms with Gasteiger partial charge in [0.1, 0.15) is 6.54 Å². The molecule has 1 aliphatic heterocycles. The molecule has 1 saturated heterocycles. The summed E-state index contributed by atoms with van der Waals surface area (Å²) in [6.07, 6.45) is 8.43. The first kappa shape index (κ1) is 26.9.